The van der Waals surface area contributed by atoms with Gasteiger partial charge in [0, 0.05) is 29.6 Å². The summed E-state index contributed by atoms with van der Waals surface area (Å²) in [6.07, 6.45) is 3.19. The molecule has 1 spiro atoms. The minimum atomic E-state index is -0.491. The Morgan fingerprint density at radius 2 is 1.88 bits per heavy atom. The van der Waals surface area contributed by atoms with Crippen molar-refractivity contribution >= 4 is 17.5 Å². The highest BCUT2D eigenvalue weighted by Gasteiger charge is 2.45. The van der Waals surface area contributed by atoms with Crippen molar-refractivity contribution in [1.82, 2.24) is 5.48 Å². The fourth-order valence-electron chi connectivity index (χ4n) is 4.15. The van der Waals surface area contributed by atoms with E-state index in [1.807, 2.05) is 47.4 Å². The largest absolute Gasteiger partial charge is 0.312 e. The van der Waals surface area contributed by atoms with E-state index >= 15 is 0 Å². The van der Waals surface area contributed by atoms with Gasteiger partial charge in [0.15, 0.2) is 0 Å². The first-order chi connectivity index (χ1) is 12.1. The number of amides is 2. The summed E-state index contributed by atoms with van der Waals surface area (Å²) in [6, 6.07) is 15.4. The molecule has 1 heterocycles. The van der Waals surface area contributed by atoms with Crippen molar-refractivity contribution < 1.29 is 14.8 Å². The smallest absolute Gasteiger partial charge is 0.274 e. The van der Waals surface area contributed by atoms with E-state index in [0.29, 0.717) is 12.0 Å². The van der Waals surface area contributed by atoms with Gasteiger partial charge in [0.2, 0.25) is 5.91 Å². The predicted octanol–water partition coefficient (Wildman–Crippen LogP) is 2.72. The summed E-state index contributed by atoms with van der Waals surface area (Å²) < 4.78 is 0. The average molecular weight is 336 g/mol. The van der Waals surface area contributed by atoms with E-state index in [9.17, 15) is 9.59 Å². The lowest BCUT2D eigenvalue weighted by Crippen LogP contribution is -2.33. The van der Waals surface area contributed by atoms with Crippen LogP contribution in [0.15, 0.2) is 48.5 Å². The molecule has 1 aliphatic carbocycles. The van der Waals surface area contributed by atoms with Crippen molar-refractivity contribution in [1.29, 1.82) is 0 Å². The maximum absolute atomic E-state index is 12.6. The number of aryl methyl sites for hydroxylation is 1. The maximum Gasteiger partial charge on any atom is 0.274 e. The number of hydrogen-bond donors (Lipinski definition) is 2. The number of anilines is 1. The van der Waals surface area contributed by atoms with Crippen LogP contribution in [0.1, 0.15) is 34.3 Å². The van der Waals surface area contributed by atoms with E-state index in [1.54, 1.807) is 11.5 Å². The minimum absolute atomic E-state index is 0.0271. The molecule has 2 aliphatic rings. The van der Waals surface area contributed by atoms with Crippen molar-refractivity contribution in [3.63, 3.8) is 0 Å². The second-order valence-corrected chi connectivity index (χ2v) is 7.09. The average Bonchev–Trinajstić information content (AvgIpc) is 2.97. The molecule has 128 valence electrons. The van der Waals surface area contributed by atoms with Gasteiger partial charge in [-0.2, -0.15) is 0 Å². The van der Waals surface area contributed by atoms with Crippen LogP contribution in [0.3, 0.4) is 0 Å². The van der Waals surface area contributed by atoms with Gasteiger partial charge in [0.05, 0.1) is 0 Å². The van der Waals surface area contributed by atoms with Crippen LogP contribution in [0.5, 0.6) is 0 Å². The third-order valence-corrected chi connectivity index (χ3v) is 5.45. The number of rotatable bonds is 2. The van der Waals surface area contributed by atoms with Gasteiger partial charge in [-0.15, -0.1) is 0 Å². The van der Waals surface area contributed by atoms with Gasteiger partial charge in [0.25, 0.3) is 5.91 Å². The number of carbonyl (C=O) groups is 2. The number of hydroxylamine groups is 1. The Morgan fingerprint density at radius 1 is 1.08 bits per heavy atom. The third kappa shape index (κ3) is 2.81. The molecule has 0 bridgehead atoms. The zero-order valence-corrected chi connectivity index (χ0v) is 13.9. The molecule has 1 aliphatic heterocycles. The second kappa shape index (κ2) is 6.01. The molecule has 2 aromatic carbocycles. The Balaban J connectivity index is 1.58. The van der Waals surface area contributed by atoms with Crippen LogP contribution < -0.4 is 10.4 Å². The lowest BCUT2D eigenvalue weighted by atomic mass is 9.70. The van der Waals surface area contributed by atoms with E-state index in [1.165, 1.54) is 5.56 Å². The van der Waals surface area contributed by atoms with Crippen LogP contribution >= 0.6 is 0 Å². The maximum atomic E-state index is 12.6. The van der Waals surface area contributed by atoms with Gasteiger partial charge in [-0.25, -0.2) is 5.48 Å². The van der Waals surface area contributed by atoms with Crippen LogP contribution in [0.4, 0.5) is 5.69 Å². The van der Waals surface area contributed by atoms with Crippen LogP contribution in [0, 0.1) is 5.41 Å². The third-order valence-electron chi connectivity index (χ3n) is 5.45. The van der Waals surface area contributed by atoms with Gasteiger partial charge in [-0.05, 0) is 54.7 Å². The molecule has 0 saturated carbocycles. The number of para-hydroxylation sites is 1. The monoisotopic (exact) mass is 336 g/mol. The molecule has 0 radical (unpaired) electrons. The first-order valence-electron chi connectivity index (χ1n) is 8.52. The molecule has 0 aromatic heterocycles. The molecule has 5 nitrogen and oxygen atoms in total. The minimum Gasteiger partial charge on any atom is -0.312 e. The van der Waals surface area contributed by atoms with Crippen molar-refractivity contribution in [3.05, 3.63) is 65.2 Å². The Kier molecular flexibility index (Phi) is 3.81. The molecule has 1 saturated heterocycles. The van der Waals surface area contributed by atoms with Crippen LogP contribution in [0.25, 0.3) is 0 Å². The molecule has 4 rings (SSSR count). The molecule has 1 fully saturated rings. The van der Waals surface area contributed by atoms with Crippen LogP contribution in [-0.4, -0.2) is 23.6 Å². The predicted molar refractivity (Wildman–Crippen MR) is 93.6 cm³/mol. The normalized spacial score (nSPS) is 22.1. The van der Waals surface area contributed by atoms with Gasteiger partial charge < -0.3 is 4.90 Å². The summed E-state index contributed by atoms with van der Waals surface area (Å²) in [5.74, 6) is -0.305. The highest BCUT2D eigenvalue weighted by molar-refractivity contribution is 5.96. The summed E-state index contributed by atoms with van der Waals surface area (Å²) in [7, 11) is 0. The van der Waals surface area contributed by atoms with E-state index in [-0.39, 0.29) is 11.3 Å². The number of nitrogens with one attached hydrogen (secondary N) is 1. The SMILES string of the molecule is O=C(NO)c1ccc2c(c1)CCC1(CC(=O)N(c3ccccc3)C1)C2. The van der Waals surface area contributed by atoms with E-state index in [4.69, 9.17) is 5.21 Å². The summed E-state index contributed by atoms with van der Waals surface area (Å²) in [5, 5.41) is 8.78. The van der Waals surface area contributed by atoms with Crippen molar-refractivity contribution in [2.75, 3.05) is 11.4 Å². The molecule has 2 aromatic rings. The number of benzene rings is 2. The van der Waals surface area contributed by atoms with E-state index < -0.39 is 5.91 Å². The van der Waals surface area contributed by atoms with Gasteiger partial charge in [-0.1, -0.05) is 24.3 Å². The van der Waals surface area contributed by atoms with Crippen molar-refractivity contribution in [2.24, 2.45) is 5.41 Å². The summed E-state index contributed by atoms with van der Waals surface area (Å²) in [5.41, 5.74) is 5.41. The van der Waals surface area contributed by atoms with Gasteiger partial charge in [0.1, 0.15) is 0 Å². The molecule has 1 atom stereocenters. The zero-order chi connectivity index (χ0) is 17.4. The molecular weight excluding hydrogens is 316 g/mol. The standard InChI is InChI=1S/C20H20N2O3/c23-18-12-20(13-22(18)17-4-2-1-3-5-17)9-8-14-10-15(19(24)21-25)6-7-16(14)11-20/h1-7,10,25H,8-9,11-13H2,(H,21,24). The van der Waals surface area contributed by atoms with E-state index in [0.717, 1.165) is 37.1 Å². The summed E-state index contributed by atoms with van der Waals surface area (Å²) >= 11 is 0. The lowest BCUT2D eigenvalue weighted by Gasteiger charge is -2.34. The quantitative estimate of drug-likeness (QED) is 0.654. The highest BCUT2D eigenvalue weighted by Crippen LogP contribution is 2.44. The Hall–Kier alpha value is -2.66. The van der Waals surface area contributed by atoms with E-state index in [2.05, 4.69) is 0 Å². The molecule has 25 heavy (non-hydrogen) atoms. The molecule has 2 N–H and O–H groups in total. The molecule has 2 amide bonds. The zero-order valence-electron chi connectivity index (χ0n) is 13.9. The van der Waals surface area contributed by atoms with Gasteiger partial charge in [-0.3, -0.25) is 14.8 Å². The number of nitrogens with zero attached hydrogens (tertiary/aromatic N) is 1. The number of fused-ring (bicyclic) bond motifs is 1. The molecule has 1 unspecified atom stereocenters. The number of carbonyl (C=O) groups excluding carboxylic acids is 2. The number of hydrogen-bond acceptors (Lipinski definition) is 3. The Morgan fingerprint density at radius 3 is 2.64 bits per heavy atom. The highest BCUT2D eigenvalue weighted by atomic mass is 16.5. The fourth-order valence-corrected chi connectivity index (χ4v) is 4.15. The first-order valence-corrected chi connectivity index (χ1v) is 8.52. The summed E-state index contributed by atoms with van der Waals surface area (Å²) in [4.78, 5) is 26.1. The van der Waals surface area contributed by atoms with Crippen LogP contribution in [0.2, 0.25) is 0 Å². The van der Waals surface area contributed by atoms with Crippen LogP contribution in [-0.2, 0) is 17.6 Å². The van der Waals surface area contributed by atoms with Gasteiger partial charge >= 0.3 is 0 Å². The second-order valence-electron chi connectivity index (χ2n) is 7.09. The fraction of sp³-hybridized carbons (Fsp3) is 0.300. The lowest BCUT2D eigenvalue weighted by molar-refractivity contribution is -0.117. The topological polar surface area (TPSA) is 69.6 Å². The van der Waals surface area contributed by atoms with Crippen molar-refractivity contribution in [2.45, 2.75) is 25.7 Å². The Labute approximate surface area is 146 Å². The first kappa shape index (κ1) is 15.8. The molecule has 5 heteroatoms. The van der Waals surface area contributed by atoms with Crippen molar-refractivity contribution in [3.8, 4) is 0 Å². The molecular formula is C20H20N2O3. The Bertz CT molecular complexity index is 834. The summed E-state index contributed by atoms with van der Waals surface area (Å²) in [6.45, 7) is 0.744.